The maximum atomic E-state index is 4.07. The second-order valence-electron chi connectivity index (χ2n) is 4.70. The van der Waals surface area contributed by atoms with Crippen LogP contribution in [0.2, 0.25) is 0 Å². The van der Waals surface area contributed by atoms with Gasteiger partial charge in [-0.2, -0.15) is 0 Å². The Bertz CT molecular complexity index is 545. The minimum Gasteiger partial charge on any atom is -0.0955 e. The zero-order valence-electron chi connectivity index (χ0n) is 10.7. The topological polar surface area (TPSA) is 0 Å². The molecular formula is C17H18. The number of aryl methyl sites for hydroxylation is 2. The Morgan fingerprint density at radius 2 is 1.47 bits per heavy atom. The molecule has 0 spiro atoms. The van der Waals surface area contributed by atoms with Crippen LogP contribution in [0, 0.1) is 13.8 Å². The van der Waals surface area contributed by atoms with Gasteiger partial charge in [-0.05, 0) is 37.5 Å². The van der Waals surface area contributed by atoms with Crippen LogP contribution in [0.5, 0.6) is 0 Å². The van der Waals surface area contributed by atoms with Crippen LogP contribution < -0.4 is 0 Å². The Hall–Kier alpha value is -1.82. The lowest BCUT2D eigenvalue weighted by Crippen LogP contribution is -1.88. The monoisotopic (exact) mass is 222 g/mol. The van der Waals surface area contributed by atoms with Gasteiger partial charge in [0.25, 0.3) is 0 Å². The van der Waals surface area contributed by atoms with E-state index in [0.717, 1.165) is 5.57 Å². The van der Waals surface area contributed by atoms with Crippen molar-refractivity contribution in [2.45, 2.75) is 20.8 Å². The van der Waals surface area contributed by atoms with Crippen molar-refractivity contribution >= 4 is 5.57 Å². The first-order valence-corrected chi connectivity index (χ1v) is 5.91. The molecule has 0 aromatic heterocycles. The number of hydrogen-bond acceptors (Lipinski definition) is 0. The minimum absolute atomic E-state index is 1.12. The summed E-state index contributed by atoms with van der Waals surface area (Å²) in [6.07, 6.45) is 0. The van der Waals surface area contributed by atoms with E-state index in [4.69, 9.17) is 0 Å². The van der Waals surface area contributed by atoms with Gasteiger partial charge >= 0.3 is 0 Å². The van der Waals surface area contributed by atoms with E-state index in [1.54, 1.807) is 0 Å². The number of rotatable bonds is 2. The van der Waals surface area contributed by atoms with Crippen LogP contribution in [-0.2, 0) is 0 Å². The van der Waals surface area contributed by atoms with E-state index >= 15 is 0 Å². The van der Waals surface area contributed by atoms with E-state index in [2.05, 4.69) is 69.8 Å². The Labute approximate surface area is 104 Å². The highest BCUT2D eigenvalue weighted by Crippen LogP contribution is 2.29. The van der Waals surface area contributed by atoms with Gasteiger partial charge in [0, 0.05) is 0 Å². The molecule has 2 aromatic carbocycles. The van der Waals surface area contributed by atoms with E-state index in [9.17, 15) is 0 Å². The van der Waals surface area contributed by atoms with E-state index in [0.29, 0.717) is 0 Å². The van der Waals surface area contributed by atoms with Crippen LogP contribution in [0.4, 0.5) is 0 Å². The standard InChI is InChI=1S/C17H18/c1-12(2)17-11-14(4)7-10-16(17)15-8-5-13(3)6-9-15/h5-11H,1H2,2-4H3. The highest BCUT2D eigenvalue weighted by Gasteiger charge is 2.05. The van der Waals surface area contributed by atoms with Crippen molar-refractivity contribution in [2.75, 3.05) is 0 Å². The predicted octanol–water partition coefficient (Wildman–Crippen LogP) is 5.00. The number of allylic oxidation sites excluding steroid dienone is 1. The minimum atomic E-state index is 1.12. The molecule has 0 saturated heterocycles. The first-order chi connectivity index (χ1) is 8.08. The third-order valence-electron chi connectivity index (χ3n) is 3.00. The summed E-state index contributed by atoms with van der Waals surface area (Å²) < 4.78 is 0. The van der Waals surface area contributed by atoms with Gasteiger partial charge in [0.2, 0.25) is 0 Å². The molecule has 0 nitrogen and oxygen atoms in total. The summed E-state index contributed by atoms with van der Waals surface area (Å²) >= 11 is 0. The second kappa shape index (κ2) is 4.58. The predicted molar refractivity (Wildman–Crippen MR) is 76.1 cm³/mol. The van der Waals surface area contributed by atoms with Crippen LogP contribution in [0.25, 0.3) is 16.7 Å². The summed E-state index contributed by atoms with van der Waals surface area (Å²) in [5, 5.41) is 0. The van der Waals surface area contributed by atoms with Crippen molar-refractivity contribution in [1.29, 1.82) is 0 Å². The van der Waals surface area contributed by atoms with Crippen molar-refractivity contribution in [3.63, 3.8) is 0 Å². The molecule has 0 heteroatoms. The summed E-state index contributed by atoms with van der Waals surface area (Å²) in [7, 11) is 0. The molecule has 86 valence electrons. The van der Waals surface area contributed by atoms with Crippen LogP contribution in [0.3, 0.4) is 0 Å². The average molecular weight is 222 g/mol. The molecule has 0 amide bonds. The van der Waals surface area contributed by atoms with Crippen molar-refractivity contribution in [2.24, 2.45) is 0 Å². The molecule has 0 atom stereocenters. The molecule has 0 bridgehead atoms. The summed E-state index contributed by atoms with van der Waals surface area (Å²) in [6, 6.07) is 15.2. The molecule has 0 unspecified atom stereocenters. The van der Waals surface area contributed by atoms with E-state index in [1.807, 2.05) is 0 Å². The molecule has 0 radical (unpaired) electrons. The van der Waals surface area contributed by atoms with Gasteiger partial charge in [-0.1, -0.05) is 65.7 Å². The fourth-order valence-corrected chi connectivity index (χ4v) is 2.00. The summed E-state index contributed by atoms with van der Waals surface area (Å²) in [6.45, 7) is 10.4. The first kappa shape index (κ1) is 11.7. The summed E-state index contributed by atoms with van der Waals surface area (Å²) in [5.41, 5.74) is 7.45. The molecule has 17 heavy (non-hydrogen) atoms. The molecule has 2 rings (SSSR count). The van der Waals surface area contributed by atoms with E-state index in [1.165, 1.54) is 27.8 Å². The van der Waals surface area contributed by atoms with Crippen molar-refractivity contribution in [1.82, 2.24) is 0 Å². The lowest BCUT2D eigenvalue weighted by molar-refractivity contribution is 1.42. The molecule has 0 aliphatic rings. The third kappa shape index (κ3) is 2.47. The van der Waals surface area contributed by atoms with Gasteiger partial charge in [-0.25, -0.2) is 0 Å². The quantitative estimate of drug-likeness (QED) is 0.670. The van der Waals surface area contributed by atoms with Gasteiger partial charge in [0.15, 0.2) is 0 Å². The van der Waals surface area contributed by atoms with Crippen molar-refractivity contribution in [3.05, 3.63) is 65.7 Å². The maximum absolute atomic E-state index is 4.07. The Morgan fingerprint density at radius 1 is 0.882 bits per heavy atom. The van der Waals surface area contributed by atoms with Gasteiger partial charge in [0.1, 0.15) is 0 Å². The fourth-order valence-electron chi connectivity index (χ4n) is 2.00. The van der Waals surface area contributed by atoms with Crippen LogP contribution in [-0.4, -0.2) is 0 Å². The van der Waals surface area contributed by atoms with Gasteiger partial charge in [0.05, 0.1) is 0 Å². The molecule has 2 aromatic rings. The molecule has 0 aliphatic heterocycles. The lowest BCUT2D eigenvalue weighted by atomic mass is 9.94. The second-order valence-corrected chi connectivity index (χ2v) is 4.70. The van der Waals surface area contributed by atoms with Gasteiger partial charge < -0.3 is 0 Å². The molecule has 0 aliphatic carbocycles. The maximum Gasteiger partial charge on any atom is -0.0109 e. The van der Waals surface area contributed by atoms with Crippen molar-refractivity contribution in [3.8, 4) is 11.1 Å². The zero-order valence-corrected chi connectivity index (χ0v) is 10.7. The molecule has 0 heterocycles. The number of benzene rings is 2. The van der Waals surface area contributed by atoms with E-state index < -0.39 is 0 Å². The van der Waals surface area contributed by atoms with Crippen LogP contribution in [0.15, 0.2) is 49.0 Å². The van der Waals surface area contributed by atoms with Crippen molar-refractivity contribution < 1.29 is 0 Å². The van der Waals surface area contributed by atoms with Gasteiger partial charge in [-0.15, -0.1) is 0 Å². The largest absolute Gasteiger partial charge is 0.0955 e. The molecule has 0 saturated carbocycles. The van der Waals surface area contributed by atoms with Crippen LogP contribution in [0.1, 0.15) is 23.6 Å². The zero-order chi connectivity index (χ0) is 12.4. The summed E-state index contributed by atoms with van der Waals surface area (Å²) in [4.78, 5) is 0. The Morgan fingerprint density at radius 3 is 2.06 bits per heavy atom. The molecule has 0 N–H and O–H groups in total. The average Bonchev–Trinajstić information content (AvgIpc) is 2.30. The summed E-state index contributed by atoms with van der Waals surface area (Å²) in [5.74, 6) is 0. The normalized spacial score (nSPS) is 10.3. The molecular weight excluding hydrogens is 204 g/mol. The van der Waals surface area contributed by atoms with Gasteiger partial charge in [-0.3, -0.25) is 0 Å². The lowest BCUT2D eigenvalue weighted by Gasteiger charge is -2.11. The van der Waals surface area contributed by atoms with Crippen LogP contribution >= 0.6 is 0 Å². The smallest absolute Gasteiger partial charge is 0.0109 e. The first-order valence-electron chi connectivity index (χ1n) is 5.91. The number of hydrogen-bond donors (Lipinski definition) is 0. The Balaban J connectivity index is 2.58. The Kier molecular flexibility index (Phi) is 3.14. The van der Waals surface area contributed by atoms with E-state index in [-0.39, 0.29) is 0 Å². The highest BCUT2D eigenvalue weighted by atomic mass is 14.1. The fraction of sp³-hybridized carbons (Fsp3) is 0.176. The SMILES string of the molecule is C=C(C)c1cc(C)ccc1-c1ccc(C)cc1. The third-order valence-corrected chi connectivity index (χ3v) is 3.00. The molecule has 0 fully saturated rings. The highest BCUT2D eigenvalue weighted by molar-refractivity contribution is 5.80.